The highest BCUT2D eigenvalue weighted by Gasteiger charge is 2.41. The van der Waals surface area contributed by atoms with E-state index in [-0.39, 0.29) is 23.7 Å². The average molecular weight is 345 g/mol. The number of benzene rings is 2. The molecule has 1 fully saturated rings. The van der Waals surface area contributed by atoms with Crippen LogP contribution in [0.25, 0.3) is 0 Å². The Balaban J connectivity index is 1.78. The molecule has 25 heavy (non-hydrogen) atoms. The van der Waals surface area contributed by atoms with Crippen molar-refractivity contribution in [2.45, 2.75) is 18.4 Å². The van der Waals surface area contributed by atoms with Gasteiger partial charge in [0.15, 0.2) is 11.5 Å². The topological polar surface area (TPSA) is 56.8 Å². The molecule has 1 saturated carbocycles. The van der Waals surface area contributed by atoms with E-state index < -0.39 is 0 Å². The normalized spacial score (nSPS) is 18.4. The van der Waals surface area contributed by atoms with Crippen LogP contribution in [0.3, 0.4) is 0 Å². The van der Waals surface area contributed by atoms with E-state index in [0.29, 0.717) is 34.8 Å². The Kier molecular flexibility index (Phi) is 4.79. The molecule has 2 aromatic carbocycles. The first-order chi connectivity index (χ1) is 12.1. The van der Waals surface area contributed by atoms with Crippen molar-refractivity contribution >= 4 is 5.91 Å². The van der Waals surface area contributed by atoms with E-state index in [2.05, 4.69) is 5.32 Å². The van der Waals surface area contributed by atoms with Crippen LogP contribution in [-0.2, 0) is 0 Å². The van der Waals surface area contributed by atoms with E-state index in [1.807, 2.05) is 0 Å². The number of hydrogen-bond acceptors (Lipinski definition) is 4. The van der Waals surface area contributed by atoms with Gasteiger partial charge in [-0.15, -0.1) is 0 Å². The fourth-order valence-corrected chi connectivity index (χ4v) is 3.00. The monoisotopic (exact) mass is 345 g/mol. The van der Waals surface area contributed by atoms with Crippen molar-refractivity contribution in [3.05, 3.63) is 53.3 Å². The van der Waals surface area contributed by atoms with Crippen molar-refractivity contribution < 1.29 is 23.4 Å². The lowest BCUT2D eigenvalue weighted by Gasteiger charge is -2.15. The maximum Gasteiger partial charge on any atom is 0.255 e. The number of carbonyl (C=O) groups excluding carboxylic acids is 1. The second-order valence-electron chi connectivity index (χ2n) is 5.83. The number of halogens is 1. The molecule has 0 bridgehead atoms. The van der Waals surface area contributed by atoms with Gasteiger partial charge in [0.2, 0.25) is 5.75 Å². The summed E-state index contributed by atoms with van der Waals surface area (Å²) in [7, 11) is 4.46. The molecule has 1 aliphatic carbocycles. The zero-order valence-electron chi connectivity index (χ0n) is 14.3. The van der Waals surface area contributed by atoms with Crippen molar-refractivity contribution in [2.24, 2.45) is 0 Å². The van der Waals surface area contributed by atoms with Crippen LogP contribution in [0.1, 0.15) is 28.3 Å². The molecule has 1 aliphatic rings. The fraction of sp³-hybridized carbons (Fsp3) is 0.316. The number of rotatable bonds is 6. The number of carbonyl (C=O) groups is 1. The quantitative estimate of drug-likeness (QED) is 0.874. The second kappa shape index (κ2) is 7.01. The van der Waals surface area contributed by atoms with Gasteiger partial charge in [-0.1, -0.05) is 18.2 Å². The minimum Gasteiger partial charge on any atom is -0.493 e. The van der Waals surface area contributed by atoms with E-state index in [1.54, 1.807) is 30.3 Å². The third-order valence-corrected chi connectivity index (χ3v) is 4.36. The zero-order chi connectivity index (χ0) is 18.0. The minimum atomic E-state index is -0.290. The smallest absolute Gasteiger partial charge is 0.255 e. The summed E-state index contributed by atoms with van der Waals surface area (Å²) in [6, 6.07) is 9.82. The molecule has 0 aromatic heterocycles. The Morgan fingerprint density at radius 3 is 2.40 bits per heavy atom. The van der Waals surface area contributed by atoms with E-state index in [0.717, 1.165) is 0 Å². The van der Waals surface area contributed by atoms with Crippen molar-refractivity contribution in [1.29, 1.82) is 0 Å². The summed E-state index contributed by atoms with van der Waals surface area (Å²) in [4.78, 5) is 12.6. The number of amides is 1. The molecule has 0 aliphatic heterocycles. The molecular weight excluding hydrogens is 325 g/mol. The molecular formula is C19H20FNO4. The fourth-order valence-electron chi connectivity index (χ4n) is 3.00. The zero-order valence-corrected chi connectivity index (χ0v) is 14.3. The minimum absolute atomic E-state index is 0.00344. The third-order valence-electron chi connectivity index (χ3n) is 4.36. The second-order valence-corrected chi connectivity index (χ2v) is 5.83. The third kappa shape index (κ3) is 3.24. The maximum atomic E-state index is 13.9. The Bertz CT molecular complexity index is 793. The van der Waals surface area contributed by atoms with Gasteiger partial charge in [-0.25, -0.2) is 4.39 Å². The van der Waals surface area contributed by atoms with Crippen LogP contribution in [0.4, 0.5) is 4.39 Å². The van der Waals surface area contributed by atoms with Crippen LogP contribution in [0.2, 0.25) is 0 Å². The number of methoxy groups -OCH3 is 3. The van der Waals surface area contributed by atoms with Crippen LogP contribution in [0, 0.1) is 5.82 Å². The predicted octanol–water partition coefficient (Wildman–Crippen LogP) is 3.14. The molecule has 132 valence electrons. The first kappa shape index (κ1) is 17.1. The van der Waals surface area contributed by atoms with E-state index in [4.69, 9.17) is 14.2 Å². The van der Waals surface area contributed by atoms with Gasteiger partial charge < -0.3 is 19.5 Å². The van der Waals surface area contributed by atoms with Gasteiger partial charge in [-0.3, -0.25) is 4.79 Å². The van der Waals surface area contributed by atoms with Gasteiger partial charge in [0.25, 0.3) is 5.91 Å². The summed E-state index contributed by atoms with van der Waals surface area (Å²) >= 11 is 0. The molecule has 0 saturated heterocycles. The largest absolute Gasteiger partial charge is 0.493 e. The summed E-state index contributed by atoms with van der Waals surface area (Å²) < 4.78 is 29.7. The maximum absolute atomic E-state index is 13.9. The van der Waals surface area contributed by atoms with Crippen molar-refractivity contribution in [3.8, 4) is 17.2 Å². The summed E-state index contributed by atoms with van der Waals surface area (Å²) in [6.07, 6.45) is 0.711. The SMILES string of the molecule is COc1ccc(C(=O)N[C@H]2C[C@@H]2c2ccccc2F)c(OC)c1OC. The standard InChI is InChI=1S/C19H20FNO4/c1-23-16-9-8-12(17(24-2)18(16)25-3)19(22)21-15-10-13(15)11-6-4-5-7-14(11)20/h4-9,13,15H,10H2,1-3H3,(H,21,22)/t13-,15+/m1/s1. The Morgan fingerprint density at radius 2 is 1.76 bits per heavy atom. The van der Waals surface area contributed by atoms with Crippen LogP contribution < -0.4 is 19.5 Å². The molecule has 2 atom stereocenters. The van der Waals surface area contributed by atoms with Gasteiger partial charge in [0, 0.05) is 12.0 Å². The molecule has 0 radical (unpaired) electrons. The van der Waals surface area contributed by atoms with Crippen LogP contribution in [0.15, 0.2) is 36.4 Å². The number of nitrogens with one attached hydrogen (secondary N) is 1. The Labute approximate surface area is 145 Å². The highest BCUT2D eigenvalue weighted by atomic mass is 19.1. The number of hydrogen-bond donors (Lipinski definition) is 1. The highest BCUT2D eigenvalue weighted by Crippen LogP contribution is 2.43. The van der Waals surface area contributed by atoms with Crippen molar-refractivity contribution in [1.82, 2.24) is 5.32 Å². The van der Waals surface area contributed by atoms with Crippen molar-refractivity contribution in [3.63, 3.8) is 0 Å². The van der Waals surface area contributed by atoms with E-state index >= 15 is 0 Å². The average Bonchev–Trinajstić information content (AvgIpc) is 3.39. The molecule has 0 spiro atoms. The van der Waals surface area contributed by atoms with Gasteiger partial charge in [0.05, 0.1) is 26.9 Å². The van der Waals surface area contributed by atoms with Gasteiger partial charge in [-0.05, 0) is 30.2 Å². The number of ether oxygens (including phenoxy) is 3. The summed E-state index contributed by atoms with van der Waals surface area (Å²) in [6.45, 7) is 0. The van der Waals surface area contributed by atoms with E-state index in [1.165, 1.54) is 27.4 Å². The molecule has 1 N–H and O–H groups in total. The first-order valence-corrected chi connectivity index (χ1v) is 7.95. The predicted molar refractivity (Wildman–Crippen MR) is 91.1 cm³/mol. The van der Waals surface area contributed by atoms with Crippen LogP contribution in [0.5, 0.6) is 17.2 Å². The van der Waals surface area contributed by atoms with Gasteiger partial charge in [0.1, 0.15) is 5.82 Å². The lowest BCUT2D eigenvalue weighted by atomic mass is 10.1. The molecule has 0 heterocycles. The Hall–Kier alpha value is -2.76. The van der Waals surface area contributed by atoms with Gasteiger partial charge >= 0.3 is 0 Å². The molecule has 3 rings (SSSR count). The first-order valence-electron chi connectivity index (χ1n) is 7.95. The molecule has 5 nitrogen and oxygen atoms in total. The summed E-state index contributed by atoms with van der Waals surface area (Å²) in [5.74, 6) is 0.610. The summed E-state index contributed by atoms with van der Waals surface area (Å²) in [5.41, 5.74) is 0.978. The van der Waals surface area contributed by atoms with Crippen molar-refractivity contribution in [2.75, 3.05) is 21.3 Å². The molecule has 0 unspecified atom stereocenters. The van der Waals surface area contributed by atoms with E-state index in [9.17, 15) is 9.18 Å². The molecule has 1 amide bonds. The molecule has 2 aromatic rings. The van der Waals surface area contributed by atoms with Crippen LogP contribution in [-0.4, -0.2) is 33.3 Å². The lowest BCUT2D eigenvalue weighted by molar-refractivity contribution is 0.0946. The molecule has 6 heteroatoms. The Morgan fingerprint density at radius 1 is 1.04 bits per heavy atom. The highest BCUT2D eigenvalue weighted by molar-refractivity contribution is 5.98. The lowest BCUT2D eigenvalue weighted by Crippen LogP contribution is -2.27. The van der Waals surface area contributed by atoms with Gasteiger partial charge in [-0.2, -0.15) is 0 Å². The van der Waals surface area contributed by atoms with Crippen LogP contribution >= 0.6 is 0 Å². The summed E-state index contributed by atoms with van der Waals surface area (Å²) in [5, 5.41) is 2.93.